The molecule has 39 heavy (non-hydrogen) atoms. The molecule has 0 radical (unpaired) electrons. The average Bonchev–Trinajstić information content (AvgIpc) is 3.52. The van der Waals surface area contributed by atoms with Crippen LogP contribution in [0.15, 0.2) is 30.5 Å². The third kappa shape index (κ3) is 5.45. The van der Waals surface area contributed by atoms with Crippen molar-refractivity contribution in [1.82, 2.24) is 15.3 Å². The van der Waals surface area contributed by atoms with Crippen molar-refractivity contribution in [2.24, 2.45) is 0 Å². The van der Waals surface area contributed by atoms with E-state index in [1.165, 1.54) is 19.3 Å². The predicted octanol–water partition coefficient (Wildman–Crippen LogP) is 4.25. The maximum absolute atomic E-state index is 13.6. The van der Waals surface area contributed by atoms with Crippen LogP contribution in [0.5, 0.6) is 0 Å². The number of nitrogens with zero attached hydrogens (tertiary/aromatic N) is 4. The largest absolute Gasteiger partial charge is 0.366 e. The Morgan fingerprint density at radius 1 is 1.18 bits per heavy atom. The number of carbonyl (C=O) groups excluding carboxylic acids is 2. The normalized spacial score (nSPS) is 23.3. The van der Waals surface area contributed by atoms with Crippen molar-refractivity contribution >= 4 is 29.3 Å². The van der Waals surface area contributed by atoms with Gasteiger partial charge in [0.25, 0.3) is 5.91 Å². The molecule has 1 saturated carbocycles. The molecular weight excluding hydrogens is 496 g/mol. The molecule has 3 fully saturated rings. The molecule has 10 heteroatoms. The number of nitrogens with one attached hydrogen (secondary N) is 2. The minimum Gasteiger partial charge on any atom is -0.366 e. The van der Waals surface area contributed by atoms with E-state index >= 15 is 0 Å². The number of hydrogen-bond donors (Lipinski definition) is 2. The van der Waals surface area contributed by atoms with E-state index < -0.39 is 0 Å². The summed E-state index contributed by atoms with van der Waals surface area (Å²) in [5.74, 6) is 0.412. The Kier molecular flexibility index (Phi) is 7.16. The van der Waals surface area contributed by atoms with Gasteiger partial charge in [0, 0.05) is 38.2 Å². The van der Waals surface area contributed by atoms with Crippen LogP contribution in [0.2, 0.25) is 0 Å². The molecule has 1 aliphatic carbocycles. The first-order chi connectivity index (χ1) is 18.9. The van der Waals surface area contributed by atoms with E-state index in [1.54, 1.807) is 17.2 Å². The number of anilines is 3. The van der Waals surface area contributed by atoms with E-state index in [4.69, 9.17) is 9.47 Å². The summed E-state index contributed by atoms with van der Waals surface area (Å²) >= 11 is 0. The second-order valence-electron chi connectivity index (χ2n) is 11.5. The molecule has 2 atom stereocenters. The highest BCUT2D eigenvalue weighted by atomic mass is 16.7. The zero-order chi connectivity index (χ0) is 27.0. The molecule has 3 amide bonds. The zero-order valence-corrected chi connectivity index (χ0v) is 22.8. The zero-order valence-electron chi connectivity index (χ0n) is 22.8. The molecule has 0 aromatic carbocycles. The molecule has 2 bridgehead atoms. The van der Waals surface area contributed by atoms with Crippen molar-refractivity contribution in [1.29, 1.82) is 0 Å². The van der Waals surface area contributed by atoms with Crippen molar-refractivity contribution in [3.8, 4) is 0 Å². The lowest BCUT2D eigenvalue weighted by Gasteiger charge is -2.35. The first kappa shape index (κ1) is 26.0. The van der Waals surface area contributed by atoms with Gasteiger partial charge in [0.15, 0.2) is 11.6 Å². The summed E-state index contributed by atoms with van der Waals surface area (Å²) in [4.78, 5) is 39.2. The molecule has 2 aromatic heterocycles. The highest BCUT2D eigenvalue weighted by Gasteiger charge is 2.42. The Morgan fingerprint density at radius 2 is 2.03 bits per heavy atom. The topological polar surface area (TPSA) is 109 Å². The van der Waals surface area contributed by atoms with Crippen LogP contribution in [0, 0.1) is 0 Å². The Hall–Kier alpha value is -3.24. The summed E-state index contributed by atoms with van der Waals surface area (Å²) in [5, 5.41) is 5.87. The van der Waals surface area contributed by atoms with Gasteiger partial charge in [0.05, 0.1) is 24.4 Å². The second-order valence-corrected chi connectivity index (χ2v) is 11.5. The van der Waals surface area contributed by atoms with Gasteiger partial charge < -0.3 is 19.7 Å². The number of amides is 3. The summed E-state index contributed by atoms with van der Waals surface area (Å²) in [6.45, 7) is 6.06. The molecule has 3 aliphatic heterocycles. The second kappa shape index (κ2) is 10.7. The number of fused-ring (bicyclic) bond motifs is 4. The summed E-state index contributed by atoms with van der Waals surface area (Å²) in [5.41, 5.74) is 2.26. The van der Waals surface area contributed by atoms with Gasteiger partial charge in [-0.15, -0.1) is 0 Å². The Labute approximate surface area is 229 Å². The Balaban J connectivity index is 1.13. The predicted molar refractivity (Wildman–Crippen MR) is 148 cm³/mol. The summed E-state index contributed by atoms with van der Waals surface area (Å²) in [6, 6.07) is 7.23. The SMILES string of the molecule is CC(C)NC(=O)c1ccc2c(n1)N(C(=O)Nc1cc(CCC3COC4(CCCCC4)O3)ccn1)[C@H]1CCN2C1. The molecule has 4 aliphatic rings. The van der Waals surface area contributed by atoms with Crippen LogP contribution >= 0.6 is 0 Å². The molecule has 2 saturated heterocycles. The van der Waals surface area contributed by atoms with Gasteiger partial charge >= 0.3 is 6.03 Å². The number of aryl methyl sites for hydroxylation is 1. The fourth-order valence-corrected chi connectivity index (χ4v) is 6.24. The number of urea groups is 1. The standard InChI is InChI=1S/C29H38N6O4/c1-19(2)31-27(36)23-8-9-24-26(32-23)35(21-11-15-34(24)17-21)28(37)33-25-16-20(10-14-30-25)6-7-22-18-38-29(39-22)12-4-3-5-13-29/h8-10,14,16,19,21-22H,3-7,11-13,15,17-18H2,1-2H3,(H,31,36)(H,30,33,37)/t21-,22?/m0/s1. The number of rotatable bonds is 6. The number of hydrogen-bond acceptors (Lipinski definition) is 7. The monoisotopic (exact) mass is 534 g/mol. The molecule has 1 unspecified atom stereocenters. The van der Waals surface area contributed by atoms with Crippen molar-refractivity contribution in [2.45, 2.75) is 89.2 Å². The van der Waals surface area contributed by atoms with E-state index in [0.717, 1.165) is 56.4 Å². The van der Waals surface area contributed by atoms with Crippen LogP contribution < -0.4 is 20.4 Å². The van der Waals surface area contributed by atoms with Gasteiger partial charge in [0.1, 0.15) is 11.5 Å². The maximum Gasteiger partial charge on any atom is 0.329 e. The van der Waals surface area contributed by atoms with Crippen LogP contribution in [0.3, 0.4) is 0 Å². The average molecular weight is 535 g/mol. The summed E-state index contributed by atoms with van der Waals surface area (Å²) in [7, 11) is 0. The lowest BCUT2D eigenvalue weighted by atomic mass is 9.94. The Morgan fingerprint density at radius 3 is 2.85 bits per heavy atom. The first-order valence-corrected chi connectivity index (χ1v) is 14.3. The van der Waals surface area contributed by atoms with Gasteiger partial charge in [-0.05, 0) is 75.8 Å². The smallest absolute Gasteiger partial charge is 0.329 e. The van der Waals surface area contributed by atoms with Crippen molar-refractivity contribution in [3.05, 3.63) is 41.7 Å². The summed E-state index contributed by atoms with van der Waals surface area (Å²) < 4.78 is 12.4. The van der Waals surface area contributed by atoms with Crippen LogP contribution in [-0.2, 0) is 15.9 Å². The van der Waals surface area contributed by atoms with Crippen LogP contribution in [0.1, 0.15) is 74.8 Å². The molecule has 10 nitrogen and oxygen atoms in total. The van der Waals surface area contributed by atoms with Gasteiger partial charge in [-0.1, -0.05) is 6.42 Å². The maximum atomic E-state index is 13.6. The fourth-order valence-electron chi connectivity index (χ4n) is 6.24. The van der Waals surface area contributed by atoms with Crippen LogP contribution in [0.4, 0.5) is 22.1 Å². The van der Waals surface area contributed by atoms with E-state index in [-0.39, 0.29) is 35.9 Å². The minimum atomic E-state index is -0.357. The van der Waals surface area contributed by atoms with E-state index in [1.807, 2.05) is 32.0 Å². The highest BCUT2D eigenvalue weighted by molar-refractivity contribution is 6.05. The molecule has 5 heterocycles. The number of ether oxygens (including phenoxy) is 2. The van der Waals surface area contributed by atoms with Gasteiger partial charge in [-0.3, -0.25) is 15.0 Å². The summed E-state index contributed by atoms with van der Waals surface area (Å²) in [6.07, 6.45) is 9.93. The number of pyridine rings is 2. The molecule has 2 aromatic rings. The molecular formula is C29H38N6O4. The van der Waals surface area contributed by atoms with E-state index in [2.05, 4.69) is 25.5 Å². The van der Waals surface area contributed by atoms with Crippen LogP contribution in [0.25, 0.3) is 0 Å². The molecule has 6 rings (SSSR count). The third-order valence-corrected chi connectivity index (χ3v) is 8.17. The van der Waals surface area contributed by atoms with Crippen molar-refractivity contribution < 1.29 is 19.1 Å². The minimum absolute atomic E-state index is 0.00542. The Bertz CT molecular complexity index is 1230. The van der Waals surface area contributed by atoms with Crippen LogP contribution in [-0.4, -0.2) is 65.6 Å². The third-order valence-electron chi connectivity index (χ3n) is 8.17. The van der Waals surface area contributed by atoms with Gasteiger partial charge in [0.2, 0.25) is 0 Å². The lowest BCUT2D eigenvalue weighted by molar-refractivity contribution is -0.187. The quantitative estimate of drug-likeness (QED) is 0.570. The van der Waals surface area contributed by atoms with Gasteiger partial charge in [-0.2, -0.15) is 0 Å². The van der Waals surface area contributed by atoms with Crippen molar-refractivity contribution in [3.63, 3.8) is 0 Å². The lowest BCUT2D eigenvalue weighted by Crippen LogP contribution is -2.48. The fraction of sp³-hybridized carbons (Fsp3) is 0.586. The molecule has 2 N–H and O–H groups in total. The molecule has 208 valence electrons. The van der Waals surface area contributed by atoms with E-state index in [0.29, 0.717) is 23.9 Å². The van der Waals surface area contributed by atoms with Gasteiger partial charge in [-0.25, -0.2) is 14.8 Å². The highest BCUT2D eigenvalue weighted by Crippen LogP contribution is 2.40. The number of aromatic nitrogens is 2. The van der Waals surface area contributed by atoms with Crippen molar-refractivity contribution in [2.75, 3.05) is 34.8 Å². The molecule has 1 spiro atoms. The number of carbonyl (C=O) groups is 2. The van der Waals surface area contributed by atoms with E-state index in [9.17, 15) is 9.59 Å². The first-order valence-electron chi connectivity index (χ1n) is 14.3.